The molecule has 2 saturated heterocycles. The fourth-order valence-corrected chi connectivity index (χ4v) is 3.70. The zero-order valence-corrected chi connectivity index (χ0v) is 12.7. The molecule has 3 aliphatic rings. The molecule has 2 aliphatic heterocycles. The van der Waals surface area contributed by atoms with E-state index < -0.39 is 0 Å². The molecule has 1 saturated carbocycles. The van der Waals surface area contributed by atoms with Gasteiger partial charge in [-0.1, -0.05) is 5.16 Å². The van der Waals surface area contributed by atoms with E-state index >= 15 is 0 Å². The lowest BCUT2D eigenvalue weighted by Gasteiger charge is -2.25. The van der Waals surface area contributed by atoms with Gasteiger partial charge < -0.3 is 14.3 Å². The highest BCUT2D eigenvalue weighted by molar-refractivity contribution is 5.84. The molecule has 0 N–H and O–H groups in total. The summed E-state index contributed by atoms with van der Waals surface area (Å²) in [4.78, 5) is 32.7. The lowest BCUT2D eigenvalue weighted by Crippen LogP contribution is -2.41. The highest BCUT2D eigenvalue weighted by Gasteiger charge is 2.49. The van der Waals surface area contributed by atoms with Crippen LogP contribution in [0, 0.1) is 12.8 Å². The molecule has 22 heavy (non-hydrogen) atoms. The van der Waals surface area contributed by atoms with Crippen LogP contribution in [0.5, 0.6) is 0 Å². The van der Waals surface area contributed by atoms with Crippen molar-refractivity contribution in [2.24, 2.45) is 5.92 Å². The van der Waals surface area contributed by atoms with Crippen molar-refractivity contribution in [3.05, 3.63) is 11.7 Å². The Hall–Kier alpha value is -1.92. The molecule has 0 unspecified atom stereocenters. The number of hydrogen-bond acceptors (Lipinski definition) is 5. The first kappa shape index (κ1) is 13.7. The van der Waals surface area contributed by atoms with E-state index in [-0.39, 0.29) is 30.3 Å². The first-order valence-electron chi connectivity index (χ1n) is 8.00. The zero-order valence-electron chi connectivity index (χ0n) is 12.7. The Morgan fingerprint density at radius 2 is 2.14 bits per heavy atom. The SMILES string of the molecule is Cc1noc(CC(=O)N2CC[C@@H]3[C@H]2CC(=O)N3CC2CC2)n1. The molecular formula is C15H20N4O3. The van der Waals surface area contributed by atoms with Gasteiger partial charge in [-0.05, 0) is 32.1 Å². The molecule has 3 fully saturated rings. The van der Waals surface area contributed by atoms with Crippen LogP contribution in [0.15, 0.2) is 4.52 Å². The molecule has 7 heteroatoms. The molecule has 118 valence electrons. The number of carbonyl (C=O) groups excluding carboxylic acids is 2. The topological polar surface area (TPSA) is 79.5 Å². The van der Waals surface area contributed by atoms with E-state index in [1.165, 1.54) is 12.8 Å². The van der Waals surface area contributed by atoms with Gasteiger partial charge in [0.05, 0.1) is 12.1 Å². The van der Waals surface area contributed by atoms with Crippen LogP contribution >= 0.6 is 0 Å². The van der Waals surface area contributed by atoms with E-state index in [0.717, 1.165) is 19.5 Å². The fraction of sp³-hybridized carbons (Fsp3) is 0.733. The Balaban J connectivity index is 1.43. The summed E-state index contributed by atoms with van der Waals surface area (Å²) >= 11 is 0. The second kappa shape index (κ2) is 5.07. The van der Waals surface area contributed by atoms with Gasteiger partial charge in [0, 0.05) is 19.5 Å². The van der Waals surface area contributed by atoms with Crippen molar-refractivity contribution < 1.29 is 14.1 Å². The summed E-state index contributed by atoms with van der Waals surface area (Å²) in [5.41, 5.74) is 0. The summed E-state index contributed by atoms with van der Waals surface area (Å²) in [6, 6.07) is 0.240. The van der Waals surface area contributed by atoms with Gasteiger partial charge in [-0.2, -0.15) is 4.98 Å². The highest BCUT2D eigenvalue weighted by atomic mass is 16.5. The van der Waals surface area contributed by atoms with Crippen LogP contribution in [0.4, 0.5) is 0 Å². The predicted octanol–water partition coefficient (Wildman–Crippen LogP) is 0.532. The molecule has 2 atom stereocenters. The van der Waals surface area contributed by atoms with Crippen molar-refractivity contribution in [1.29, 1.82) is 0 Å². The Bertz CT molecular complexity index is 610. The third kappa shape index (κ3) is 2.38. The summed E-state index contributed by atoms with van der Waals surface area (Å²) in [7, 11) is 0. The summed E-state index contributed by atoms with van der Waals surface area (Å²) < 4.78 is 5.02. The molecule has 0 radical (unpaired) electrons. The largest absolute Gasteiger partial charge is 0.339 e. The second-order valence-corrected chi connectivity index (χ2v) is 6.62. The summed E-state index contributed by atoms with van der Waals surface area (Å²) in [6.45, 7) is 3.33. The molecule has 1 aromatic rings. The van der Waals surface area contributed by atoms with Crippen LogP contribution in [0.1, 0.15) is 37.4 Å². The number of likely N-dealkylation sites (tertiary alicyclic amines) is 2. The molecule has 2 amide bonds. The Labute approximate surface area is 128 Å². The van der Waals surface area contributed by atoms with Gasteiger partial charge in [0.25, 0.3) is 0 Å². The Morgan fingerprint density at radius 3 is 2.82 bits per heavy atom. The van der Waals surface area contributed by atoms with Crippen LogP contribution in [-0.2, 0) is 16.0 Å². The number of nitrogens with zero attached hydrogens (tertiary/aromatic N) is 4. The van der Waals surface area contributed by atoms with E-state index in [0.29, 0.717) is 24.1 Å². The highest BCUT2D eigenvalue weighted by Crippen LogP contribution is 2.37. The monoisotopic (exact) mass is 304 g/mol. The van der Waals surface area contributed by atoms with Crippen molar-refractivity contribution in [3.8, 4) is 0 Å². The summed E-state index contributed by atoms with van der Waals surface area (Å²) in [6.07, 6.45) is 3.95. The molecule has 1 aromatic heterocycles. The molecule has 4 rings (SSSR count). The number of fused-ring (bicyclic) bond motifs is 1. The Kier molecular flexibility index (Phi) is 3.16. The molecule has 3 heterocycles. The van der Waals surface area contributed by atoms with Gasteiger partial charge in [-0.25, -0.2) is 0 Å². The predicted molar refractivity (Wildman–Crippen MR) is 75.7 cm³/mol. The third-order valence-electron chi connectivity index (χ3n) is 4.96. The summed E-state index contributed by atoms with van der Waals surface area (Å²) in [5, 5.41) is 3.71. The third-order valence-corrected chi connectivity index (χ3v) is 4.96. The van der Waals surface area contributed by atoms with Crippen LogP contribution in [0.25, 0.3) is 0 Å². The normalized spacial score (nSPS) is 27.6. The maximum atomic E-state index is 12.5. The fourth-order valence-electron chi connectivity index (χ4n) is 3.70. The molecule has 0 bridgehead atoms. The van der Waals surface area contributed by atoms with E-state index in [4.69, 9.17) is 4.52 Å². The van der Waals surface area contributed by atoms with Crippen molar-refractivity contribution in [1.82, 2.24) is 19.9 Å². The van der Waals surface area contributed by atoms with Crippen LogP contribution in [0.3, 0.4) is 0 Å². The average molecular weight is 304 g/mol. The molecular weight excluding hydrogens is 284 g/mol. The first-order valence-corrected chi connectivity index (χ1v) is 8.00. The van der Waals surface area contributed by atoms with Gasteiger partial charge in [0.2, 0.25) is 17.7 Å². The van der Waals surface area contributed by atoms with Crippen LogP contribution in [0.2, 0.25) is 0 Å². The van der Waals surface area contributed by atoms with Gasteiger partial charge in [0.1, 0.15) is 6.42 Å². The molecule has 7 nitrogen and oxygen atoms in total. The van der Waals surface area contributed by atoms with Crippen LogP contribution in [-0.4, -0.2) is 56.9 Å². The van der Waals surface area contributed by atoms with Crippen molar-refractivity contribution in [2.45, 2.75) is 51.1 Å². The Morgan fingerprint density at radius 1 is 1.32 bits per heavy atom. The second-order valence-electron chi connectivity index (χ2n) is 6.62. The minimum absolute atomic E-state index is 0.0165. The van der Waals surface area contributed by atoms with Gasteiger partial charge in [-0.3, -0.25) is 9.59 Å². The molecule has 0 aromatic carbocycles. The quantitative estimate of drug-likeness (QED) is 0.811. The van der Waals surface area contributed by atoms with Gasteiger partial charge >= 0.3 is 0 Å². The maximum absolute atomic E-state index is 12.5. The van der Waals surface area contributed by atoms with Crippen molar-refractivity contribution in [2.75, 3.05) is 13.1 Å². The molecule has 0 spiro atoms. The number of carbonyl (C=O) groups is 2. The standard InChI is InChI=1S/C15H20N4O3/c1-9-16-13(22-17-9)7-15(21)18-5-4-11-12(18)6-14(20)19(11)8-10-2-3-10/h10-12H,2-8H2,1H3/t11-,12-/m1/s1. The van der Waals surface area contributed by atoms with Crippen molar-refractivity contribution >= 4 is 11.8 Å². The van der Waals surface area contributed by atoms with E-state index in [1.807, 2.05) is 9.80 Å². The van der Waals surface area contributed by atoms with E-state index in [1.54, 1.807) is 6.92 Å². The first-order chi connectivity index (χ1) is 10.6. The van der Waals surface area contributed by atoms with Gasteiger partial charge in [0.15, 0.2) is 5.82 Å². The number of aromatic nitrogens is 2. The van der Waals surface area contributed by atoms with Crippen molar-refractivity contribution in [3.63, 3.8) is 0 Å². The number of aryl methyl sites for hydroxylation is 1. The minimum Gasteiger partial charge on any atom is -0.339 e. The summed E-state index contributed by atoms with van der Waals surface area (Å²) in [5.74, 6) is 1.76. The lowest BCUT2D eigenvalue weighted by molar-refractivity contribution is -0.131. The minimum atomic E-state index is -0.0165. The maximum Gasteiger partial charge on any atom is 0.236 e. The van der Waals surface area contributed by atoms with E-state index in [2.05, 4.69) is 10.1 Å². The lowest BCUT2D eigenvalue weighted by atomic mass is 10.1. The number of amides is 2. The van der Waals surface area contributed by atoms with Gasteiger partial charge in [-0.15, -0.1) is 0 Å². The molecule has 1 aliphatic carbocycles. The van der Waals surface area contributed by atoms with E-state index in [9.17, 15) is 9.59 Å². The number of hydrogen-bond donors (Lipinski definition) is 0. The van der Waals surface area contributed by atoms with Crippen LogP contribution < -0.4 is 0 Å². The average Bonchev–Trinajstić information content (AvgIpc) is 2.94. The smallest absolute Gasteiger partial charge is 0.236 e. The zero-order chi connectivity index (χ0) is 15.3. The number of rotatable bonds is 4.